The summed E-state index contributed by atoms with van der Waals surface area (Å²) in [6, 6.07) is 12.9. The van der Waals surface area contributed by atoms with Crippen LogP contribution in [-0.2, 0) is 0 Å². The van der Waals surface area contributed by atoms with Crippen LogP contribution in [0.4, 0.5) is 0 Å². The van der Waals surface area contributed by atoms with E-state index in [1.165, 1.54) is 20.5 Å². The third-order valence-corrected chi connectivity index (χ3v) is 3.86. The van der Waals surface area contributed by atoms with E-state index in [0.29, 0.717) is 14.5 Å². The number of nitrogens with zero attached hydrogens (tertiary/aromatic N) is 1. The van der Waals surface area contributed by atoms with Crippen molar-refractivity contribution in [3.05, 3.63) is 41.5 Å². The van der Waals surface area contributed by atoms with Crippen molar-refractivity contribution in [3.8, 4) is 0 Å². The second-order valence-corrected chi connectivity index (χ2v) is 4.88. The molecule has 3 aromatic rings. The van der Waals surface area contributed by atoms with Gasteiger partial charge in [0.25, 0.3) is 0 Å². The molecule has 0 unspecified atom stereocenters. The molecule has 0 aliphatic rings. The quantitative estimate of drug-likeness (QED) is 0.542. The van der Waals surface area contributed by atoms with Gasteiger partial charge in [0.05, 0.1) is 0 Å². The predicted molar refractivity (Wildman–Crippen MR) is 56.2 cm³/mol. The third-order valence-electron chi connectivity index (χ3n) is 2.20. The van der Waals surface area contributed by atoms with E-state index in [9.17, 15) is 0 Å². The number of fused-ring (bicyclic) bond motifs is 2. The van der Waals surface area contributed by atoms with E-state index in [1.807, 2.05) is 5.07 Å². The number of hydrogen-bond donors (Lipinski definition) is 0. The summed E-state index contributed by atoms with van der Waals surface area (Å²) in [7, 11) is 0. The van der Waals surface area contributed by atoms with Gasteiger partial charge in [-0.25, -0.2) is 0 Å². The summed E-state index contributed by atoms with van der Waals surface area (Å²) in [6.07, 6.45) is 0. The SMILES string of the molecule is c1ccc2cc3[se]cnc3cc2c1. The van der Waals surface area contributed by atoms with Gasteiger partial charge in [0.15, 0.2) is 0 Å². The van der Waals surface area contributed by atoms with Crippen molar-refractivity contribution in [2.45, 2.75) is 0 Å². The van der Waals surface area contributed by atoms with Crippen LogP contribution in [0.2, 0.25) is 0 Å². The zero-order valence-electron chi connectivity index (χ0n) is 6.90. The normalized spacial score (nSPS) is 11.1. The van der Waals surface area contributed by atoms with Crippen molar-refractivity contribution in [3.63, 3.8) is 0 Å². The molecular formula is C11H7NSe. The maximum atomic E-state index is 4.35. The number of rotatable bonds is 0. The molecule has 3 rings (SSSR count). The second-order valence-electron chi connectivity index (χ2n) is 3.02. The van der Waals surface area contributed by atoms with E-state index < -0.39 is 0 Å². The molecule has 62 valence electrons. The van der Waals surface area contributed by atoms with Gasteiger partial charge in [0.1, 0.15) is 0 Å². The molecule has 0 spiro atoms. The zero-order valence-corrected chi connectivity index (χ0v) is 8.61. The fourth-order valence-electron chi connectivity index (χ4n) is 1.54. The Hall–Kier alpha value is -1.11. The molecule has 1 heterocycles. The first-order valence-electron chi connectivity index (χ1n) is 4.15. The van der Waals surface area contributed by atoms with Crippen LogP contribution in [0.1, 0.15) is 0 Å². The Bertz CT molecular complexity index is 519. The number of benzene rings is 2. The van der Waals surface area contributed by atoms with Crippen molar-refractivity contribution in [2.75, 3.05) is 0 Å². The van der Waals surface area contributed by atoms with Crippen LogP contribution in [0.3, 0.4) is 0 Å². The molecule has 0 saturated carbocycles. The summed E-state index contributed by atoms with van der Waals surface area (Å²) < 4.78 is 1.41. The van der Waals surface area contributed by atoms with Crippen LogP contribution in [-0.4, -0.2) is 19.5 Å². The maximum absolute atomic E-state index is 4.35. The second kappa shape index (κ2) is 2.69. The Morgan fingerprint density at radius 3 is 2.62 bits per heavy atom. The summed E-state index contributed by atoms with van der Waals surface area (Å²) in [5, 5.41) is 4.65. The van der Waals surface area contributed by atoms with E-state index in [4.69, 9.17) is 0 Å². The van der Waals surface area contributed by atoms with E-state index in [-0.39, 0.29) is 0 Å². The number of aromatic nitrogens is 1. The molecule has 0 fully saturated rings. The van der Waals surface area contributed by atoms with Gasteiger partial charge in [0.2, 0.25) is 0 Å². The molecule has 0 bridgehead atoms. The van der Waals surface area contributed by atoms with E-state index in [0.717, 1.165) is 0 Å². The van der Waals surface area contributed by atoms with Gasteiger partial charge in [-0.15, -0.1) is 0 Å². The molecule has 0 radical (unpaired) electrons. The van der Waals surface area contributed by atoms with Gasteiger partial charge in [-0.1, -0.05) is 0 Å². The van der Waals surface area contributed by atoms with Crippen molar-refractivity contribution in [1.82, 2.24) is 4.98 Å². The molecule has 1 aromatic heterocycles. The first kappa shape index (κ1) is 7.31. The molecule has 2 heteroatoms. The van der Waals surface area contributed by atoms with Gasteiger partial charge < -0.3 is 0 Å². The average Bonchev–Trinajstić information content (AvgIpc) is 2.61. The molecule has 1 nitrogen and oxygen atoms in total. The van der Waals surface area contributed by atoms with Crippen molar-refractivity contribution in [2.24, 2.45) is 0 Å². The minimum atomic E-state index is 0.458. The van der Waals surface area contributed by atoms with Crippen molar-refractivity contribution < 1.29 is 0 Å². The Morgan fingerprint density at radius 2 is 1.77 bits per heavy atom. The standard InChI is InChI=1S/C11H7NSe/c1-2-4-9-6-11-10(12-7-13-11)5-8(9)3-1/h1-7H. The fraction of sp³-hybridized carbons (Fsp3) is 0. The predicted octanol–water partition coefficient (Wildman–Crippen LogP) is 2.45. The minimum absolute atomic E-state index is 0.458. The van der Waals surface area contributed by atoms with Gasteiger partial charge >= 0.3 is 81.5 Å². The van der Waals surface area contributed by atoms with Crippen LogP contribution in [0, 0.1) is 0 Å². The molecule has 13 heavy (non-hydrogen) atoms. The Balaban J connectivity index is 2.57. The molecule has 0 saturated heterocycles. The van der Waals surface area contributed by atoms with Crippen LogP contribution in [0.15, 0.2) is 41.5 Å². The monoisotopic (exact) mass is 233 g/mol. The Morgan fingerprint density at radius 1 is 1.00 bits per heavy atom. The van der Waals surface area contributed by atoms with Crippen LogP contribution in [0.25, 0.3) is 20.5 Å². The molecular weight excluding hydrogens is 225 g/mol. The van der Waals surface area contributed by atoms with E-state index >= 15 is 0 Å². The van der Waals surface area contributed by atoms with Gasteiger partial charge in [-0.05, 0) is 0 Å². The van der Waals surface area contributed by atoms with Gasteiger partial charge in [-0.2, -0.15) is 0 Å². The molecule has 0 N–H and O–H groups in total. The van der Waals surface area contributed by atoms with Crippen molar-refractivity contribution in [1.29, 1.82) is 0 Å². The third kappa shape index (κ3) is 1.11. The van der Waals surface area contributed by atoms with E-state index in [1.54, 1.807) is 0 Å². The van der Waals surface area contributed by atoms with Gasteiger partial charge in [-0.3, -0.25) is 0 Å². The summed E-state index contributed by atoms with van der Waals surface area (Å²) in [5.41, 5.74) is 1.17. The summed E-state index contributed by atoms with van der Waals surface area (Å²) in [6.45, 7) is 0. The molecule has 0 atom stereocenters. The summed E-state index contributed by atoms with van der Waals surface area (Å²) in [5.74, 6) is 0. The zero-order chi connectivity index (χ0) is 8.67. The number of hydrogen-bond acceptors (Lipinski definition) is 1. The van der Waals surface area contributed by atoms with Crippen LogP contribution < -0.4 is 0 Å². The van der Waals surface area contributed by atoms with Crippen LogP contribution >= 0.6 is 0 Å². The van der Waals surface area contributed by atoms with Gasteiger partial charge in [0, 0.05) is 0 Å². The van der Waals surface area contributed by atoms with Crippen molar-refractivity contribution >= 4 is 35.1 Å². The molecule has 2 aromatic carbocycles. The Kier molecular flexibility index (Phi) is 1.51. The average molecular weight is 232 g/mol. The van der Waals surface area contributed by atoms with Crippen LogP contribution in [0.5, 0.6) is 0 Å². The topological polar surface area (TPSA) is 12.9 Å². The summed E-state index contributed by atoms with van der Waals surface area (Å²) >= 11 is 0.458. The fourth-order valence-corrected chi connectivity index (χ4v) is 3.03. The first-order valence-corrected chi connectivity index (χ1v) is 6.00. The molecule has 0 amide bonds. The first-order chi connectivity index (χ1) is 6.43. The Labute approximate surface area is 81.8 Å². The summed E-state index contributed by atoms with van der Waals surface area (Å²) in [4.78, 5) is 4.35. The molecule has 0 aliphatic heterocycles. The molecule has 0 aliphatic carbocycles. The van der Waals surface area contributed by atoms with E-state index in [2.05, 4.69) is 41.4 Å².